The van der Waals surface area contributed by atoms with Crippen LogP contribution in [0.2, 0.25) is 5.02 Å². The van der Waals surface area contributed by atoms with Gasteiger partial charge in [-0.2, -0.15) is 0 Å². The first kappa shape index (κ1) is 15.0. The molecule has 106 valence electrons. The maximum atomic E-state index is 13.2. The summed E-state index contributed by atoms with van der Waals surface area (Å²) in [6.45, 7) is 1.95. The lowest BCUT2D eigenvalue weighted by Gasteiger charge is -2.27. The predicted octanol–water partition coefficient (Wildman–Crippen LogP) is 3.63. The standard InChI is InChI=1S/C14H13ClFNO2S/c1-14(13(18)19,17-8-10-3-2-6-20-10)9-4-5-12(16)11(15)7-9/h2-7,17H,8H2,1H3,(H,18,19). The Morgan fingerprint density at radius 1 is 1.50 bits per heavy atom. The fraction of sp³-hybridized carbons (Fsp3) is 0.214. The highest BCUT2D eigenvalue weighted by Gasteiger charge is 2.35. The molecule has 0 saturated carbocycles. The Morgan fingerprint density at radius 2 is 2.25 bits per heavy atom. The maximum absolute atomic E-state index is 13.2. The average molecular weight is 314 g/mol. The van der Waals surface area contributed by atoms with Gasteiger partial charge in [0.05, 0.1) is 5.02 Å². The minimum absolute atomic E-state index is 0.0899. The van der Waals surface area contributed by atoms with Crippen molar-refractivity contribution in [3.63, 3.8) is 0 Å². The lowest BCUT2D eigenvalue weighted by molar-refractivity contribution is -0.144. The molecule has 1 unspecified atom stereocenters. The molecule has 0 aliphatic carbocycles. The van der Waals surface area contributed by atoms with E-state index >= 15 is 0 Å². The molecule has 0 radical (unpaired) electrons. The van der Waals surface area contributed by atoms with Crippen LogP contribution in [0.15, 0.2) is 35.7 Å². The molecule has 0 amide bonds. The van der Waals surface area contributed by atoms with E-state index in [0.717, 1.165) is 4.88 Å². The van der Waals surface area contributed by atoms with Crippen molar-refractivity contribution in [1.29, 1.82) is 0 Å². The van der Waals surface area contributed by atoms with Crippen molar-refractivity contribution in [3.05, 3.63) is 57.0 Å². The van der Waals surface area contributed by atoms with E-state index in [0.29, 0.717) is 12.1 Å². The van der Waals surface area contributed by atoms with Crippen LogP contribution in [-0.4, -0.2) is 11.1 Å². The van der Waals surface area contributed by atoms with Gasteiger partial charge in [0.15, 0.2) is 0 Å². The number of thiophene rings is 1. The Bertz CT molecular complexity index is 618. The van der Waals surface area contributed by atoms with E-state index < -0.39 is 17.3 Å². The third kappa shape index (κ3) is 3.00. The summed E-state index contributed by atoms with van der Waals surface area (Å²) in [5, 5.41) is 14.3. The first-order valence-electron chi connectivity index (χ1n) is 5.90. The normalized spacial score (nSPS) is 13.9. The number of hydrogen-bond donors (Lipinski definition) is 2. The molecule has 2 aromatic rings. The lowest BCUT2D eigenvalue weighted by Crippen LogP contribution is -2.46. The van der Waals surface area contributed by atoms with Crippen LogP contribution in [0.3, 0.4) is 0 Å². The van der Waals surface area contributed by atoms with Gasteiger partial charge in [-0.05, 0) is 36.1 Å². The summed E-state index contributed by atoms with van der Waals surface area (Å²) in [6.07, 6.45) is 0. The zero-order chi connectivity index (χ0) is 14.8. The van der Waals surface area contributed by atoms with Crippen LogP contribution in [0, 0.1) is 5.82 Å². The summed E-state index contributed by atoms with van der Waals surface area (Å²) in [5.41, 5.74) is -0.922. The Morgan fingerprint density at radius 3 is 2.80 bits per heavy atom. The molecular weight excluding hydrogens is 301 g/mol. The molecule has 2 N–H and O–H groups in total. The van der Waals surface area contributed by atoms with Gasteiger partial charge < -0.3 is 5.11 Å². The van der Waals surface area contributed by atoms with E-state index in [1.165, 1.54) is 36.5 Å². The highest BCUT2D eigenvalue weighted by Crippen LogP contribution is 2.26. The van der Waals surface area contributed by atoms with E-state index in [1.807, 2.05) is 17.5 Å². The summed E-state index contributed by atoms with van der Waals surface area (Å²) in [6, 6.07) is 7.75. The second-order valence-corrected chi connectivity index (χ2v) is 5.93. The van der Waals surface area contributed by atoms with Gasteiger partial charge in [-0.15, -0.1) is 11.3 Å². The molecule has 6 heteroatoms. The highest BCUT2D eigenvalue weighted by molar-refractivity contribution is 7.09. The predicted molar refractivity (Wildman–Crippen MR) is 77.6 cm³/mol. The maximum Gasteiger partial charge on any atom is 0.328 e. The van der Waals surface area contributed by atoms with Crippen LogP contribution >= 0.6 is 22.9 Å². The van der Waals surface area contributed by atoms with Crippen LogP contribution in [-0.2, 0) is 16.9 Å². The minimum atomic E-state index is -1.33. The van der Waals surface area contributed by atoms with Crippen LogP contribution in [0.25, 0.3) is 0 Å². The van der Waals surface area contributed by atoms with Gasteiger partial charge >= 0.3 is 5.97 Å². The Labute approximate surface area is 125 Å². The van der Waals surface area contributed by atoms with E-state index in [4.69, 9.17) is 11.6 Å². The van der Waals surface area contributed by atoms with Crippen molar-refractivity contribution in [3.8, 4) is 0 Å². The Kier molecular flexibility index (Phi) is 4.42. The van der Waals surface area contributed by atoms with E-state index in [1.54, 1.807) is 0 Å². The highest BCUT2D eigenvalue weighted by atomic mass is 35.5. The summed E-state index contributed by atoms with van der Waals surface area (Å²) in [7, 11) is 0. The molecule has 3 nitrogen and oxygen atoms in total. The molecule has 0 saturated heterocycles. The largest absolute Gasteiger partial charge is 0.480 e. The first-order chi connectivity index (χ1) is 9.43. The first-order valence-corrected chi connectivity index (χ1v) is 7.15. The second kappa shape index (κ2) is 5.91. The molecule has 2 rings (SSSR count). The number of hydrogen-bond acceptors (Lipinski definition) is 3. The molecule has 0 spiro atoms. The zero-order valence-electron chi connectivity index (χ0n) is 10.7. The van der Waals surface area contributed by atoms with Gasteiger partial charge in [0.25, 0.3) is 0 Å². The molecule has 0 fully saturated rings. The van der Waals surface area contributed by atoms with Gasteiger partial charge in [0.1, 0.15) is 11.4 Å². The van der Waals surface area contributed by atoms with Gasteiger partial charge in [-0.3, -0.25) is 5.32 Å². The van der Waals surface area contributed by atoms with Crippen molar-refractivity contribution in [1.82, 2.24) is 5.32 Å². The SMILES string of the molecule is CC(NCc1cccs1)(C(=O)O)c1ccc(F)c(Cl)c1. The molecule has 1 atom stereocenters. The molecule has 0 aliphatic rings. The second-order valence-electron chi connectivity index (χ2n) is 4.49. The quantitative estimate of drug-likeness (QED) is 0.886. The van der Waals surface area contributed by atoms with Crippen molar-refractivity contribution in [2.24, 2.45) is 0 Å². The van der Waals surface area contributed by atoms with E-state index in [9.17, 15) is 14.3 Å². The fourth-order valence-corrected chi connectivity index (χ4v) is 2.61. The summed E-state index contributed by atoms with van der Waals surface area (Å²) < 4.78 is 13.2. The smallest absolute Gasteiger partial charge is 0.328 e. The third-order valence-corrected chi connectivity index (χ3v) is 4.29. The fourth-order valence-electron chi connectivity index (χ4n) is 1.79. The average Bonchev–Trinajstić information content (AvgIpc) is 2.92. The number of carboxylic acid groups (broad SMARTS) is 1. The Hall–Kier alpha value is -1.43. The van der Waals surface area contributed by atoms with Crippen LogP contribution in [0.5, 0.6) is 0 Å². The van der Waals surface area contributed by atoms with Gasteiger partial charge in [0, 0.05) is 11.4 Å². The number of nitrogens with one attached hydrogen (secondary N) is 1. The topological polar surface area (TPSA) is 49.3 Å². The number of carbonyl (C=O) groups is 1. The number of aliphatic carboxylic acids is 1. The lowest BCUT2D eigenvalue weighted by atomic mass is 9.92. The van der Waals surface area contributed by atoms with Crippen LogP contribution in [0.1, 0.15) is 17.4 Å². The van der Waals surface area contributed by atoms with Crippen molar-refractivity contribution < 1.29 is 14.3 Å². The van der Waals surface area contributed by atoms with Crippen LogP contribution < -0.4 is 5.32 Å². The molecule has 20 heavy (non-hydrogen) atoms. The molecule has 1 aromatic carbocycles. The van der Waals surface area contributed by atoms with E-state index in [2.05, 4.69) is 5.32 Å². The van der Waals surface area contributed by atoms with Crippen molar-refractivity contribution in [2.75, 3.05) is 0 Å². The molecule has 0 aliphatic heterocycles. The molecular formula is C14H13ClFNO2S. The third-order valence-electron chi connectivity index (χ3n) is 3.12. The summed E-state index contributed by atoms with van der Waals surface area (Å²) >= 11 is 7.27. The number of benzene rings is 1. The van der Waals surface area contributed by atoms with Gasteiger partial charge in [-0.1, -0.05) is 23.7 Å². The number of rotatable bonds is 5. The monoisotopic (exact) mass is 313 g/mol. The number of carboxylic acids is 1. The summed E-state index contributed by atoms with van der Waals surface area (Å²) in [4.78, 5) is 12.6. The molecule has 1 aromatic heterocycles. The summed E-state index contributed by atoms with van der Waals surface area (Å²) in [5.74, 6) is -1.61. The minimum Gasteiger partial charge on any atom is -0.480 e. The van der Waals surface area contributed by atoms with Crippen LogP contribution in [0.4, 0.5) is 4.39 Å². The van der Waals surface area contributed by atoms with E-state index in [-0.39, 0.29) is 5.02 Å². The van der Waals surface area contributed by atoms with Gasteiger partial charge in [-0.25, -0.2) is 9.18 Å². The molecule has 1 heterocycles. The molecule has 0 bridgehead atoms. The van der Waals surface area contributed by atoms with Gasteiger partial charge in [0.2, 0.25) is 0 Å². The van der Waals surface area contributed by atoms with Crippen molar-refractivity contribution in [2.45, 2.75) is 19.0 Å². The Balaban J connectivity index is 2.28. The number of halogens is 2. The van der Waals surface area contributed by atoms with Crippen molar-refractivity contribution >= 4 is 28.9 Å². The zero-order valence-corrected chi connectivity index (χ0v) is 12.3.